The van der Waals surface area contributed by atoms with Gasteiger partial charge in [0.15, 0.2) is 5.13 Å². The molecule has 0 spiro atoms. The monoisotopic (exact) mass is 321 g/mol. The van der Waals surface area contributed by atoms with E-state index in [9.17, 15) is 9.59 Å². The number of nitrogens with one attached hydrogen (secondary N) is 1. The van der Waals surface area contributed by atoms with E-state index in [1.165, 1.54) is 0 Å². The minimum Gasteiger partial charge on any atom is -0.477 e. The number of amides is 1. The number of carbonyl (C=O) groups excluding carboxylic acids is 1. The summed E-state index contributed by atoms with van der Waals surface area (Å²) in [5.41, 5.74) is 1.15. The maximum absolute atomic E-state index is 11.9. The summed E-state index contributed by atoms with van der Waals surface area (Å²) in [7, 11) is 1.78. The number of aryl methyl sites for hydroxylation is 1. The third-order valence-corrected chi connectivity index (χ3v) is 3.76. The molecule has 0 atom stereocenters. The number of aromatic nitrogens is 3. The van der Waals surface area contributed by atoms with Gasteiger partial charge in [-0.15, -0.1) is 0 Å². The van der Waals surface area contributed by atoms with Crippen molar-refractivity contribution in [2.45, 2.75) is 13.5 Å². The zero-order valence-electron chi connectivity index (χ0n) is 12.1. The van der Waals surface area contributed by atoms with Crippen LogP contribution in [0.25, 0.3) is 0 Å². The van der Waals surface area contributed by atoms with Gasteiger partial charge in [0.1, 0.15) is 4.88 Å². The van der Waals surface area contributed by atoms with E-state index >= 15 is 0 Å². The molecule has 0 aliphatic rings. The third-order valence-electron chi connectivity index (χ3n) is 2.70. The van der Waals surface area contributed by atoms with Crippen LogP contribution >= 0.6 is 11.3 Å². The summed E-state index contributed by atoms with van der Waals surface area (Å²) < 4.78 is 0. The van der Waals surface area contributed by atoms with E-state index in [4.69, 9.17) is 5.11 Å². The Kier molecular flexibility index (Phi) is 5.12. The van der Waals surface area contributed by atoms with Gasteiger partial charge in [-0.3, -0.25) is 19.7 Å². The Morgan fingerprint density at radius 1 is 1.41 bits per heavy atom. The topological polar surface area (TPSA) is 108 Å². The fourth-order valence-electron chi connectivity index (χ4n) is 1.80. The van der Waals surface area contributed by atoms with Crippen molar-refractivity contribution in [3.63, 3.8) is 0 Å². The molecule has 9 heteroatoms. The molecular weight excluding hydrogens is 306 g/mol. The average molecular weight is 321 g/mol. The Labute approximate surface area is 130 Å². The molecule has 2 N–H and O–H groups in total. The highest BCUT2D eigenvalue weighted by Crippen LogP contribution is 2.22. The van der Waals surface area contributed by atoms with Crippen molar-refractivity contribution >= 4 is 28.3 Å². The molecule has 2 aromatic rings. The van der Waals surface area contributed by atoms with Crippen molar-refractivity contribution in [2.24, 2.45) is 0 Å². The van der Waals surface area contributed by atoms with Crippen molar-refractivity contribution in [2.75, 3.05) is 18.9 Å². The number of rotatable bonds is 6. The lowest BCUT2D eigenvalue weighted by Crippen LogP contribution is -2.30. The van der Waals surface area contributed by atoms with Crippen LogP contribution in [0.15, 0.2) is 18.6 Å². The number of aromatic carboxylic acids is 1. The van der Waals surface area contributed by atoms with Gasteiger partial charge in [-0.1, -0.05) is 11.3 Å². The average Bonchev–Trinajstić information content (AvgIpc) is 2.80. The van der Waals surface area contributed by atoms with Crippen LogP contribution in [-0.4, -0.2) is 50.4 Å². The van der Waals surface area contributed by atoms with Crippen LogP contribution in [0.5, 0.6) is 0 Å². The molecule has 0 fully saturated rings. The summed E-state index contributed by atoms with van der Waals surface area (Å²) in [6.45, 7) is 2.21. The lowest BCUT2D eigenvalue weighted by atomic mass is 10.4. The third kappa shape index (κ3) is 4.30. The number of carbonyl (C=O) groups is 2. The number of likely N-dealkylation sites (N-methyl/N-ethyl adjacent to an activating group) is 1. The molecular formula is C13H15N5O3S. The van der Waals surface area contributed by atoms with Crippen LogP contribution in [0.2, 0.25) is 0 Å². The molecule has 116 valence electrons. The largest absolute Gasteiger partial charge is 0.477 e. The molecule has 0 aliphatic carbocycles. The first-order valence-electron chi connectivity index (χ1n) is 6.39. The lowest BCUT2D eigenvalue weighted by Gasteiger charge is -2.14. The maximum atomic E-state index is 11.9. The molecule has 2 heterocycles. The molecule has 2 aromatic heterocycles. The normalized spacial score (nSPS) is 10.7. The molecule has 8 nitrogen and oxygen atoms in total. The lowest BCUT2D eigenvalue weighted by molar-refractivity contribution is -0.117. The van der Waals surface area contributed by atoms with Crippen molar-refractivity contribution in [1.82, 2.24) is 19.9 Å². The summed E-state index contributed by atoms with van der Waals surface area (Å²) in [6.07, 6.45) is 4.81. The molecule has 0 saturated heterocycles. The number of hydrogen-bond donors (Lipinski definition) is 2. The van der Waals surface area contributed by atoms with Crippen LogP contribution < -0.4 is 5.32 Å². The van der Waals surface area contributed by atoms with Gasteiger partial charge in [0.25, 0.3) is 0 Å². The number of carboxylic acid groups (broad SMARTS) is 1. The standard InChI is InChI=1S/C13H15N5O3S/c1-8-11(12(20)21)22-13(16-8)17-10(19)7-18(2)6-9-5-14-3-4-15-9/h3-5H,6-7H2,1-2H3,(H,20,21)(H,16,17,19). The molecule has 1 amide bonds. The Hall–Kier alpha value is -2.39. The molecule has 22 heavy (non-hydrogen) atoms. The minimum atomic E-state index is -1.05. The van der Waals surface area contributed by atoms with Crippen molar-refractivity contribution in [3.05, 3.63) is 34.9 Å². The van der Waals surface area contributed by atoms with Gasteiger partial charge in [-0.25, -0.2) is 9.78 Å². The summed E-state index contributed by atoms with van der Waals surface area (Å²) in [5, 5.41) is 11.8. The van der Waals surface area contributed by atoms with E-state index in [0.29, 0.717) is 12.2 Å². The highest BCUT2D eigenvalue weighted by molar-refractivity contribution is 7.17. The second kappa shape index (κ2) is 7.05. The molecule has 0 bridgehead atoms. The zero-order valence-corrected chi connectivity index (χ0v) is 12.9. The van der Waals surface area contributed by atoms with Crippen LogP contribution in [0, 0.1) is 6.92 Å². The second-order valence-corrected chi connectivity index (χ2v) is 5.65. The number of thiazole rings is 1. The summed E-state index contributed by atoms with van der Waals surface area (Å²) >= 11 is 0.944. The first-order valence-corrected chi connectivity index (χ1v) is 7.21. The highest BCUT2D eigenvalue weighted by Gasteiger charge is 2.16. The van der Waals surface area contributed by atoms with Crippen LogP contribution in [-0.2, 0) is 11.3 Å². The highest BCUT2D eigenvalue weighted by atomic mass is 32.1. The predicted molar refractivity (Wildman–Crippen MR) is 80.8 cm³/mol. The SMILES string of the molecule is Cc1nc(NC(=O)CN(C)Cc2cnccn2)sc1C(=O)O. The Morgan fingerprint density at radius 3 is 2.77 bits per heavy atom. The fraction of sp³-hybridized carbons (Fsp3) is 0.308. The Balaban J connectivity index is 1.90. The number of carboxylic acids is 1. The number of nitrogens with zero attached hydrogens (tertiary/aromatic N) is 4. The van der Waals surface area contributed by atoms with Gasteiger partial charge in [0.05, 0.1) is 17.9 Å². The smallest absolute Gasteiger partial charge is 0.347 e. The molecule has 0 unspecified atom stereocenters. The van der Waals surface area contributed by atoms with E-state index in [-0.39, 0.29) is 22.5 Å². The van der Waals surface area contributed by atoms with E-state index < -0.39 is 5.97 Å². The Bertz CT molecular complexity index is 674. The van der Waals surface area contributed by atoms with Crippen molar-refractivity contribution in [3.8, 4) is 0 Å². The van der Waals surface area contributed by atoms with Gasteiger partial charge in [-0.05, 0) is 14.0 Å². The Morgan fingerprint density at radius 2 is 2.18 bits per heavy atom. The predicted octanol–water partition coefficient (Wildman–Crippen LogP) is 1.01. The summed E-state index contributed by atoms with van der Waals surface area (Å²) in [4.78, 5) is 36.9. The van der Waals surface area contributed by atoms with E-state index in [1.807, 2.05) is 0 Å². The maximum Gasteiger partial charge on any atom is 0.347 e. The minimum absolute atomic E-state index is 0.128. The zero-order chi connectivity index (χ0) is 16.1. The second-order valence-electron chi connectivity index (χ2n) is 4.66. The van der Waals surface area contributed by atoms with Crippen LogP contribution in [0.4, 0.5) is 5.13 Å². The van der Waals surface area contributed by atoms with E-state index in [0.717, 1.165) is 17.0 Å². The fourth-order valence-corrected chi connectivity index (χ4v) is 2.62. The summed E-state index contributed by atoms with van der Waals surface area (Å²) in [6, 6.07) is 0. The van der Waals surface area contributed by atoms with Gasteiger partial charge in [0.2, 0.25) is 5.91 Å². The van der Waals surface area contributed by atoms with Gasteiger partial charge in [-0.2, -0.15) is 0 Å². The quantitative estimate of drug-likeness (QED) is 0.817. The van der Waals surface area contributed by atoms with Crippen LogP contribution in [0.1, 0.15) is 21.1 Å². The van der Waals surface area contributed by atoms with Gasteiger partial charge >= 0.3 is 5.97 Å². The molecule has 0 aliphatic heterocycles. The molecule has 2 rings (SSSR count). The van der Waals surface area contributed by atoms with Crippen LogP contribution in [0.3, 0.4) is 0 Å². The van der Waals surface area contributed by atoms with Gasteiger partial charge in [0, 0.05) is 25.1 Å². The first kappa shape index (κ1) is 16.0. The van der Waals surface area contributed by atoms with Crippen molar-refractivity contribution < 1.29 is 14.7 Å². The first-order chi connectivity index (χ1) is 10.5. The van der Waals surface area contributed by atoms with Crippen molar-refractivity contribution in [1.29, 1.82) is 0 Å². The van der Waals surface area contributed by atoms with E-state index in [2.05, 4.69) is 20.3 Å². The summed E-state index contributed by atoms with van der Waals surface area (Å²) in [5.74, 6) is -1.31. The number of anilines is 1. The molecule has 0 radical (unpaired) electrons. The molecule has 0 aromatic carbocycles. The van der Waals surface area contributed by atoms with E-state index in [1.54, 1.807) is 37.5 Å². The number of hydrogen-bond acceptors (Lipinski definition) is 7. The van der Waals surface area contributed by atoms with Gasteiger partial charge < -0.3 is 10.4 Å². The molecule has 0 saturated carbocycles.